The fourth-order valence-corrected chi connectivity index (χ4v) is 2.22. The molecular formula is C10H4Cl2N2S2. The number of rotatable bonds is 2. The number of benzene rings is 1. The molecule has 0 saturated carbocycles. The Kier molecular flexibility index (Phi) is 3.69. The summed E-state index contributed by atoms with van der Waals surface area (Å²) in [6, 6.07) is 5.40. The van der Waals surface area contributed by atoms with Gasteiger partial charge in [0.2, 0.25) is 0 Å². The molecule has 0 spiro atoms. The van der Waals surface area contributed by atoms with Crippen molar-refractivity contribution in [2.24, 2.45) is 4.99 Å². The Balaban J connectivity index is 2.51. The maximum atomic E-state index is 5.94. The molecule has 2 aromatic rings. The molecule has 0 aliphatic heterocycles. The van der Waals surface area contributed by atoms with Crippen LogP contribution in [0.2, 0.25) is 9.49 Å². The molecule has 0 unspecified atom stereocenters. The maximum absolute atomic E-state index is 5.94. The number of aliphatic imine (C=N–C) groups is 1. The summed E-state index contributed by atoms with van der Waals surface area (Å²) in [6.07, 6.45) is 0. The van der Waals surface area contributed by atoms with Gasteiger partial charge in [-0.05, 0) is 24.4 Å². The van der Waals surface area contributed by atoms with Gasteiger partial charge in [-0.25, -0.2) is 4.98 Å². The van der Waals surface area contributed by atoms with Gasteiger partial charge >= 0.3 is 0 Å². The molecule has 0 amide bonds. The minimum Gasteiger partial charge on any atom is -0.225 e. The molecule has 6 heteroatoms. The molecule has 1 heterocycles. The van der Waals surface area contributed by atoms with Crippen LogP contribution < -0.4 is 0 Å². The normalized spacial score (nSPS) is 9.88. The van der Waals surface area contributed by atoms with Gasteiger partial charge in [-0.2, -0.15) is 4.99 Å². The van der Waals surface area contributed by atoms with E-state index >= 15 is 0 Å². The second-order valence-electron chi connectivity index (χ2n) is 2.85. The molecule has 0 aliphatic carbocycles. The predicted octanol–water partition coefficient (Wildman–Crippen LogP) is 4.85. The summed E-state index contributed by atoms with van der Waals surface area (Å²) in [5, 5.41) is 4.69. The second-order valence-corrected chi connectivity index (χ2v) is 4.88. The topological polar surface area (TPSA) is 25.2 Å². The SMILES string of the molecule is S=C=Nc1cc(-c2csc(Cl)n2)ccc1Cl. The number of hydrogen-bond acceptors (Lipinski definition) is 4. The van der Waals surface area contributed by atoms with Crippen molar-refractivity contribution in [3.05, 3.63) is 33.1 Å². The quantitative estimate of drug-likeness (QED) is 0.582. The number of aromatic nitrogens is 1. The highest BCUT2D eigenvalue weighted by Gasteiger charge is 2.06. The number of halogens is 2. The van der Waals surface area contributed by atoms with Crippen molar-refractivity contribution in [2.45, 2.75) is 0 Å². The van der Waals surface area contributed by atoms with Crippen LogP contribution in [0.25, 0.3) is 11.3 Å². The Bertz CT molecular complexity index is 574. The van der Waals surface area contributed by atoms with E-state index in [1.54, 1.807) is 12.1 Å². The first-order valence-corrected chi connectivity index (χ1v) is 6.24. The number of isothiocyanates is 1. The molecule has 0 fully saturated rings. The van der Waals surface area contributed by atoms with Crippen molar-refractivity contribution >= 4 is 57.6 Å². The predicted molar refractivity (Wildman–Crippen MR) is 72.3 cm³/mol. The van der Waals surface area contributed by atoms with Crippen molar-refractivity contribution in [2.75, 3.05) is 0 Å². The fraction of sp³-hybridized carbons (Fsp3) is 0. The first kappa shape index (κ1) is 11.7. The van der Waals surface area contributed by atoms with Crippen LogP contribution >= 0.6 is 46.8 Å². The third kappa shape index (κ3) is 2.48. The molecule has 80 valence electrons. The van der Waals surface area contributed by atoms with Gasteiger partial charge in [-0.1, -0.05) is 29.3 Å². The average molecular weight is 287 g/mol. The lowest BCUT2D eigenvalue weighted by molar-refractivity contribution is 1.40. The molecule has 0 bridgehead atoms. The second kappa shape index (κ2) is 5.04. The summed E-state index contributed by atoms with van der Waals surface area (Å²) in [5.41, 5.74) is 2.28. The molecular weight excluding hydrogens is 283 g/mol. The largest absolute Gasteiger partial charge is 0.225 e. The van der Waals surface area contributed by atoms with Crippen LogP contribution in [-0.4, -0.2) is 10.1 Å². The highest BCUT2D eigenvalue weighted by Crippen LogP contribution is 2.31. The monoisotopic (exact) mass is 286 g/mol. The van der Waals surface area contributed by atoms with E-state index < -0.39 is 0 Å². The van der Waals surface area contributed by atoms with E-state index in [4.69, 9.17) is 23.2 Å². The maximum Gasteiger partial charge on any atom is 0.184 e. The molecule has 2 nitrogen and oxygen atoms in total. The molecule has 1 aromatic carbocycles. The molecule has 1 aromatic heterocycles. The zero-order chi connectivity index (χ0) is 11.5. The Morgan fingerprint density at radius 1 is 1.38 bits per heavy atom. The van der Waals surface area contributed by atoms with E-state index in [0.29, 0.717) is 15.2 Å². The van der Waals surface area contributed by atoms with E-state index in [0.717, 1.165) is 11.3 Å². The van der Waals surface area contributed by atoms with E-state index in [-0.39, 0.29) is 0 Å². The molecule has 0 atom stereocenters. The summed E-state index contributed by atoms with van der Waals surface area (Å²) in [7, 11) is 0. The summed E-state index contributed by atoms with van der Waals surface area (Å²) in [6.45, 7) is 0. The van der Waals surface area contributed by atoms with Crippen LogP contribution in [0.5, 0.6) is 0 Å². The molecule has 0 saturated heterocycles. The lowest BCUT2D eigenvalue weighted by Gasteiger charge is -2.00. The smallest absolute Gasteiger partial charge is 0.184 e. The molecule has 0 aliphatic rings. The number of thiocarbonyl (C=S) groups is 1. The van der Waals surface area contributed by atoms with Crippen molar-refractivity contribution in [1.82, 2.24) is 4.98 Å². The van der Waals surface area contributed by atoms with Crippen LogP contribution in [0.1, 0.15) is 0 Å². The third-order valence-electron chi connectivity index (χ3n) is 1.88. The van der Waals surface area contributed by atoms with Gasteiger partial charge in [-0.15, -0.1) is 11.3 Å². The van der Waals surface area contributed by atoms with Crippen molar-refractivity contribution in [3.63, 3.8) is 0 Å². The van der Waals surface area contributed by atoms with Crippen molar-refractivity contribution in [3.8, 4) is 11.3 Å². The Labute approximate surface area is 112 Å². The van der Waals surface area contributed by atoms with Crippen LogP contribution in [0.3, 0.4) is 0 Å². The van der Waals surface area contributed by atoms with Gasteiger partial charge in [-0.3, -0.25) is 0 Å². The highest BCUT2D eigenvalue weighted by molar-refractivity contribution is 7.78. The first-order valence-electron chi connectivity index (χ1n) is 4.19. The highest BCUT2D eigenvalue weighted by atomic mass is 35.5. The molecule has 2 rings (SSSR count). The Hall–Kier alpha value is -0.770. The third-order valence-corrected chi connectivity index (χ3v) is 3.27. The Morgan fingerprint density at radius 3 is 2.81 bits per heavy atom. The lowest BCUT2D eigenvalue weighted by atomic mass is 10.1. The van der Waals surface area contributed by atoms with E-state index in [2.05, 4.69) is 27.4 Å². The Morgan fingerprint density at radius 2 is 2.19 bits per heavy atom. The van der Waals surface area contributed by atoms with Crippen LogP contribution in [0.15, 0.2) is 28.6 Å². The minimum atomic E-state index is 0.504. The zero-order valence-corrected chi connectivity index (χ0v) is 10.9. The van der Waals surface area contributed by atoms with E-state index in [1.165, 1.54) is 11.3 Å². The van der Waals surface area contributed by atoms with E-state index in [9.17, 15) is 0 Å². The van der Waals surface area contributed by atoms with Gasteiger partial charge in [0, 0.05) is 10.9 Å². The molecule has 0 radical (unpaired) electrons. The van der Waals surface area contributed by atoms with E-state index in [1.807, 2.05) is 11.4 Å². The molecule has 0 N–H and O–H groups in total. The summed E-state index contributed by atoms with van der Waals surface area (Å²) in [5.74, 6) is 0. The van der Waals surface area contributed by atoms with Gasteiger partial charge < -0.3 is 0 Å². The zero-order valence-electron chi connectivity index (χ0n) is 7.78. The first-order chi connectivity index (χ1) is 7.70. The summed E-state index contributed by atoms with van der Waals surface area (Å²) < 4.78 is 0.504. The van der Waals surface area contributed by atoms with Gasteiger partial charge in [0.1, 0.15) is 0 Å². The van der Waals surface area contributed by atoms with Gasteiger partial charge in [0.15, 0.2) is 4.47 Å². The van der Waals surface area contributed by atoms with Crippen molar-refractivity contribution in [1.29, 1.82) is 0 Å². The summed E-state index contributed by atoms with van der Waals surface area (Å²) >= 11 is 17.6. The fourth-order valence-electron chi connectivity index (χ4n) is 1.19. The lowest BCUT2D eigenvalue weighted by Crippen LogP contribution is -1.77. The molecule has 16 heavy (non-hydrogen) atoms. The van der Waals surface area contributed by atoms with Crippen LogP contribution in [-0.2, 0) is 0 Å². The summed E-state index contributed by atoms with van der Waals surface area (Å²) in [4.78, 5) is 8.04. The average Bonchev–Trinajstić information content (AvgIpc) is 2.69. The van der Waals surface area contributed by atoms with Gasteiger partial charge in [0.05, 0.1) is 21.6 Å². The standard InChI is InChI=1S/C10H4Cl2N2S2/c11-7-2-1-6(3-8(7)13-5-15)9-4-16-10(12)14-9/h1-4H. The number of hydrogen-bond donors (Lipinski definition) is 0. The minimum absolute atomic E-state index is 0.504. The van der Waals surface area contributed by atoms with Crippen LogP contribution in [0.4, 0.5) is 5.69 Å². The van der Waals surface area contributed by atoms with Crippen LogP contribution in [0, 0.1) is 0 Å². The number of nitrogens with zero attached hydrogens (tertiary/aromatic N) is 2. The number of thiazole rings is 1. The van der Waals surface area contributed by atoms with Gasteiger partial charge in [0.25, 0.3) is 0 Å². The van der Waals surface area contributed by atoms with Crippen molar-refractivity contribution < 1.29 is 0 Å².